The highest BCUT2D eigenvalue weighted by atomic mass is 16.7. The molecule has 0 fully saturated rings. The second-order valence-electron chi connectivity index (χ2n) is 23.3. The van der Waals surface area contributed by atoms with E-state index in [9.17, 15) is 9.59 Å². The minimum absolute atomic E-state index is 0.149. The Labute approximate surface area is 480 Å². The standard InChI is InChI=1S/C71H82N2O8/c1-9-11-41-69(3,4)80-67(74)78-45-19-17-43-76-49-51-25-32-55(33-26-51)72(58-38-39-60-59-21-13-15-23-63(59)71(7,8)64(60)48-58)56-36-29-53(30-37-56)54-31-40-66-62(47-54)61-22-14-16-24-65(61)73(66)57-34-27-52(28-35-57)50-77-44-18-20-46-79-68(75)81-70(5,6)42-12-10-2/h13-16,21-40,47-48H,9-12,17-20,41-46,49-50H2,1-8H3. The maximum atomic E-state index is 12.3. The second-order valence-corrected chi connectivity index (χ2v) is 23.3. The number of para-hydroxylation sites is 1. The fourth-order valence-corrected chi connectivity index (χ4v) is 11.1. The largest absolute Gasteiger partial charge is 0.508 e. The molecule has 7 aromatic carbocycles. The summed E-state index contributed by atoms with van der Waals surface area (Å²) >= 11 is 0. The Balaban J connectivity index is 0.866. The molecule has 0 unspecified atom stereocenters. The summed E-state index contributed by atoms with van der Waals surface area (Å²) in [5.74, 6) is 0. The number of fused-ring (bicyclic) bond motifs is 6. The predicted octanol–water partition coefficient (Wildman–Crippen LogP) is 19.1. The molecule has 0 bridgehead atoms. The third kappa shape index (κ3) is 14.4. The van der Waals surface area contributed by atoms with Crippen molar-refractivity contribution in [2.24, 2.45) is 0 Å². The molecule has 8 aromatic rings. The molecule has 1 aromatic heterocycles. The van der Waals surface area contributed by atoms with E-state index < -0.39 is 23.5 Å². The van der Waals surface area contributed by atoms with Crippen molar-refractivity contribution >= 4 is 51.2 Å². The van der Waals surface area contributed by atoms with Crippen LogP contribution in [0.4, 0.5) is 26.7 Å². The molecule has 0 saturated carbocycles. The van der Waals surface area contributed by atoms with Crippen LogP contribution in [0.3, 0.4) is 0 Å². The van der Waals surface area contributed by atoms with Crippen molar-refractivity contribution in [1.82, 2.24) is 4.57 Å². The topological polar surface area (TPSA) is 97.7 Å². The average molecular weight is 1090 g/mol. The normalized spacial score (nSPS) is 12.8. The van der Waals surface area contributed by atoms with Crippen LogP contribution in [0.5, 0.6) is 0 Å². The Morgan fingerprint density at radius 3 is 1.58 bits per heavy atom. The number of ether oxygens (including phenoxy) is 6. The first-order valence-corrected chi connectivity index (χ1v) is 29.4. The molecule has 424 valence electrons. The van der Waals surface area contributed by atoms with Crippen molar-refractivity contribution in [2.45, 2.75) is 149 Å². The Kier molecular flexibility index (Phi) is 19.0. The van der Waals surface area contributed by atoms with Gasteiger partial charge in [-0.05, 0) is 190 Å². The first-order valence-electron chi connectivity index (χ1n) is 29.4. The summed E-state index contributed by atoms with van der Waals surface area (Å²) in [5.41, 5.74) is 15.1. The van der Waals surface area contributed by atoms with Gasteiger partial charge in [-0.2, -0.15) is 0 Å². The minimum atomic E-state index is -0.604. The molecular formula is C71H82N2O8. The molecule has 0 spiro atoms. The number of anilines is 3. The van der Waals surface area contributed by atoms with Crippen LogP contribution in [0.2, 0.25) is 0 Å². The predicted molar refractivity (Wildman–Crippen MR) is 328 cm³/mol. The van der Waals surface area contributed by atoms with Crippen LogP contribution in [0.15, 0.2) is 158 Å². The monoisotopic (exact) mass is 1090 g/mol. The van der Waals surface area contributed by atoms with Crippen molar-refractivity contribution < 1.29 is 38.0 Å². The van der Waals surface area contributed by atoms with Crippen LogP contribution in [-0.2, 0) is 47.0 Å². The first kappa shape index (κ1) is 58.3. The van der Waals surface area contributed by atoms with E-state index in [0.29, 0.717) is 52.5 Å². The van der Waals surface area contributed by atoms with Gasteiger partial charge in [0, 0.05) is 52.2 Å². The summed E-state index contributed by atoms with van der Waals surface area (Å²) in [6, 6.07) is 57.4. The number of hydrogen-bond acceptors (Lipinski definition) is 9. The smallest absolute Gasteiger partial charge is 0.434 e. The van der Waals surface area contributed by atoms with Crippen LogP contribution in [0.1, 0.15) is 142 Å². The van der Waals surface area contributed by atoms with Gasteiger partial charge in [-0.15, -0.1) is 0 Å². The van der Waals surface area contributed by atoms with Crippen LogP contribution in [-0.4, -0.2) is 54.5 Å². The quantitative estimate of drug-likeness (QED) is 0.0368. The van der Waals surface area contributed by atoms with Gasteiger partial charge in [-0.3, -0.25) is 0 Å². The molecule has 9 rings (SSSR count). The summed E-state index contributed by atoms with van der Waals surface area (Å²) in [6.45, 7) is 19.4. The van der Waals surface area contributed by atoms with Crippen LogP contribution in [0, 0.1) is 0 Å². The molecule has 10 heteroatoms. The Morgan fingerprint density at radius 2 is 0.975 bits per heavy atom. The summed E-state index contributed by atoms with van der Waals surface area (Å²) in [7, 11) is 0. The lowest BCUT2D eigenvalue weighted by Crippen LogP contribution is -2.28. The van der Waals surface area contributed by atoms with Crippen molar-refractivity contribution in [3.63, 3.8) is 0 Å². The Morgan fingerprint density at radius 1 is 0.481 bits per heavy atom. The van der Waals surface area contributed by atoms with Crippen molar-refractivity contribution in [2.75, 3.05) is 31.3 Å². The van der Waals surface area contributed by atoms with Crippen molar-refractivity contribution in [1.29, 1.82) is 0 Å². The fourth-order valence-electron chi connectivity index (χ4n) is 11.1. The van der Waals surface area contributed by atoms with E-state index in [1.807, 2.05) is 27.7 Å². The van der Waals surface area contributed by atoms with Gasteiger partial charge in [-0.25, -0.2) is 9.59 Å². The Bertz CT molecular complexity index is 3370. The van der Waals surface area contributed by atoms with E-state index in [2.05, 4.69) is 195 Å². The highest BCUT2D eigenvalue weighted by molar-refractivity contribution is 6.10. The minimum Gasteiger partial charge on any atom is -0.434 e. The summed E-state index contributed by atoms with van der Waals surface area (Å²) < 4.78 is 36.2. The van der Waals surface area contributed by atoms with E-state index in [1.165, 1.54) is 33.0 Å². The SMILES string of the molecule is CCCCC(C)(C)OC(=O)OCCCCOCc1ccc(N(c2ccc(-c3ccc4c(c3)c3ccccc3n4-c3ccc(COCCCCOC(=O)OC(C)(C)CCCC)cc3)cc2)c2ccc3c(c2)C(C)(C)c2ccccc2-3)cc1. The van der Waals surface area contributed by atoms with Gasteiger partial charge in [-0.1, -0.05) is 132 Å². The zero-order chi connectivity index (χ0) is 57.0. The zero-order valence-electron chi connectivity index (χ0n) is 49.0. The average Bonchev–Trinajstić information content (AvgIpc) is 4.18. The molecule has 1 aliphatic rings. The lowest BCUT2D eigenvalue weighted by Gasteiger charge is -2.28. The number of rotatable bonds is 27. The number of nitrogens with zero attached hydrogens (tertiary/aromatic N) is 2. The van der Waals surface area contributed by atoms with E-state index in [1.54, 1.807) is 0 Å². The van der Waals surface area contributed by atoms with Crippen molar-refractivity contribution in [3.05, 3.63) is 180 Å². The first-order chi connectivity index (χ1) is 39.1. The molecule has 0 N–H and O–H groups in total. The molecule has 81 heavy (non-hydrogen) atoms. The van der Waals surface area contributed by atoms with E-state index in [4.69, 9.17) is 28.4 Å². The number of hydrogen-bond donors (Lipinski definition) is 0. The maximum Gasteiger partial charge on any atom is 0.508 e. The maximum absolute atomic E-state index is 12.3. The van der Waals surface area contributed by atoms with Gasteiger partial charge in [0.05, 0.1) is 37.5 Å². The van der Waals surface area contributed by atoms with Crippen LogP contribution < -0.4 is 4.90 Å². The molecule has 0 saturated heterocycles. The lowest BCUT2D eigenvalue weighted by molar-refractivity contribution is -0.0234. The molecule has 0 amide bonds. The number of carbonyl (C=O) groups excluding carboxylic acids is 2. The fraction of sp³-hybridized carbons (Fsp3) is 0.380. The van der Waals surface area contributed by atoms with E-state index in [-0.39, 0.29) is 5.41 Å². The third-order valence-electron chi connectivity index (χ3n) is 15.7. The van der Waals surface area contributed by atoms with Crippen LogP contribution in [0.25, 0.3) is 49.7 Å². The number of unbranched alkanes of at least 4 members (excludes halogenated alkanes) is 4. The molecular weight excluding hydrogens is 1010 g/mol. The van der Waals surface area contributed by atoms with Gasteiger partial charge in [0.15, 0.2) is 0 Å². The molecule has 1 aliphatic carbocycles. The van der Waals surface area contributed by atoms with E-state index >= 15 is 0 Å². The second kappa shape index (κ2) is 26.5. The van der Waals surface area contributed by atoms with Gasteiger partial charge in [0.1, 0.15) is 11.2 Å². The lowest BCUT2D eigenvalue weighted by atomic mass is 9.82. The molecule has 1 heterocycles. The Hall–Kier alpha value is -7.40. The number of benzene rings is 7. The number of carbonyl (C=O) groups is 2. The summed E-state index contributed by atoms with van der Waals surface area (Å²) in [5, 5.41) is 2.39. The zero-order valence-corrected chi connectivity index (χ0v) is 49.0. The van der Waals surface area contributed by atoms with Gasteiger partial charge >= 0.3 is 12.3 Å². The molecule has 0 atom stereocenters. The molecule has 0 aliphatic heterocycles. The van der Waals surface area contributed by atoms with Crippen molar-refractivity contribution in [3.8, 4) is 27.9 Å². The highest BCUT2D eigenvalue weighted by Gasteiger charge is 2.36. The van der Waals surface area contributed by atoms with Gasteiger partial charge in [0.25, 0.3) is 0 Å². The number of aromatic nitrogens is 1. The molecule has 0 radical (unpaired) electrons. The summed E-state index contributed by atoms with van der Waals surface area (Å²) in [4.78, 5) is 26.8. The highest BCUT2D eigenvalue weighted by Crippen LogP contribution is 2.51. The van der Waals surface area contributed by atoms with Crippen LogP contribution >= 0.6 is 0 Å². The van der Waals surface area contributed by atoms with E-state index in [0.717, 1.165) is 107 Å². The van der Waals surface area contributed by atoms with Gasteiger partial charge in [0.2, 0.25) is 0 Å². The van der Waals surface area contributed by atoms with Gasteiger partial charge < -0.3 is 37.9 Å². The summed E-state index contributed by atoms with van der Waals surface area (Å²) in [6.07, 6.45) is 7.52. The molecule has 10 nitrogen and oxygen atoms in total. The third-order valence-corrected chi connectivity index (χ3v) is 15.7.